The number of allylic oxidation sites excluding steroid dienone is 1. The summed E-state index contributed by atoms with van der Waals surface area (Å²) in [6.45, 7) is 3.92. The van der Waals surface area contributed by atoms with Crippen LogP contribution >= 0.6 is 0 Å². The van der Waals surface area contributed by atoms with E-state index in [-0.39, 0.29) is 5.78 Å². The van der Waals surface area contributed by atoms with Crippen LogP contribution in [0.4, 0.5) is 0 Å². The number of carbonyl (C=O) groups excluding carboxylic acids is 1. The maximum absolute atomic E-state index is 12.3. The van der Waals surface area contributed by atoms with Crippen molar-refractivity contribution in [2.75, 3.05) is 7.11 Å². The third-order valence-corrected chi connectivity index (χ3v) is 3.12. The highest BCUT2D eigenvalue weighted by molar-refractivity contribution is 6.09. The van der Waals surface area contributed by atoms with Crippen molar-refractivity contribution in [2.45, 2.75) is 13.8 Å². The van der Waals surface area contributed by atoms with E-state index in [0.717, 1.165) is 16.7 Å². The average Bonchev–Trinajstić information content (AvgIpc) is 2.45. The number of hydrogen-bond donors (Lipinski definition) is 0. The zero-order valence-corrected chi connectivity index (χ0v) is 12.0. The molecule has 102 valence electrons. The van der Waals surface area contributed by atoms with Crippen LogP contribution in [0.5, 0.6) is 5.75 Å². The van der Waals surface area contributed by atoms with Crippen LogP contribution in [-0.2, 0) is 0 Å². The molecule has 0 saturated heterocycles. The first-order valence-corrected chi connectivity index (χ1v) is 6.54. The predicted octanol–water partition coefficient (Wildman–Crippen LogP) is 4.21. The van der Waals surface area contributed by atoms with Crippen LogP contribution in [0, 0.1) is 13.8 Å². The highest BCUT2D eigenvalue weighted by Gasteiger charge is 2.12. The molecule has 0 spiro atoms. The average molecular weight is 266 g/mol. The largest absolute Gasteiger partial charge is 0.496 e. The molecule has 0 aliphatic carbocycles. The lowest BCUT2D eigenvalue weighted by Crippen LogP contribution is -2.01. The molecule has 0 radical (unpaired) electrons. The molecule has 0 aliphatic rings. The third-order valence-electron chi connectivity index (χ3n) is 3.12. The summed E-state index contributed by atoms with van der Waals surface area (Å²) in [5.41, 5.74) is 3.64. The van der Waals surface area contributed by atoms with Gasteiger partial charge in [0.1, 0.15) is 5.75 Å². The molecule has 0 atom stereocenters. The van der Waals surface area contributed by atoms with E-state index in [1.807, 2.05) is 62.4 Å². The van der Waals surface area contributed by atoms with E-state index in [1.165, 1.54) is 0 Å². The van der Waals surface area contributed by atoms with Gasteiger partial charge in [-0.05, 0) is 42.7 Å². The fraction of sp³-hybridized carbons (Fsp3) is 0.167. The van der Waals surface area contributed by atoms with Crippen molar-refractivity contribution in [1.82, 2.24) is 0 Å². The molecule has 2 nitrogen and oxygen atoms in total. The molecule has 20 heavy (non-hydrogen) atoms. The molecule has 2 rings (SSSR count). The molecule has 0 N–H and O–H groups in total. The standard InChI is InChI=1S/C18H18O2/c1-13-11-14(2)18(20-3)16(12-13)17(19)10-9-15-7-5-4-6-8-15/h4-12H,1-3H3. The molecular weight excluding hydrogens is 248 g/mol. The topological polar surface area (TPSA) is 26.3 Å². The lowest BCUT2D eigenvalue weighted by Gasteiger charge is -2.10. The fourth-order valence-corrected chi connectivity index (χ4v) is 2.23. The van der Waals surface area contributed by atoms with Gasteiger partial charge in [-0.25, -0.2) is 0 Å². The van der Waals surface area contributed by atoms with Crippen molar-refractivity contribution < 1.29 is 9.53 Å². The van der Waals surface area contributed by atoms with Crippen LogP contribution in [0.3, 0.4) is 0 Å². The molecule has 0 aromatic heterocycles. The van der Waals surface area contributed by atoms with Crippen LogP contribution < -0.4 is 4.74 Å². The van der Waals surface area contributed by atoms with Gasteiger partial charge < -0.3 is 4.74 Å². The third kappa shape index (κ3) is 3.15. The second-order valence-corrected chi connectivity index (χ2v) is 4.77. The maximum Gasteiger partial charge on any atom is 0.189 e. The summed E-state index contributed by atoms with van der Waals surface area (Å²) in [4.78, 5) is 12.3. The summed E-state index contributed by atoms with van der Waals surface area (Å²) in [7, 11) is 1.59. The van der Waals surface area contributed by atoms with E-state index in [2.05, 4.69) is 0 Å². The molecule has 0 heterocycles. The Morgan fingerprint density at radius 1 is 1.10 bits per heavy atom. The van der Waals surface area contributed by atoms with Crippen molar-refractivity contribution >= 4 is 11.9 Å². The van der Waals surface area contributed by atoms with Crippen LogP contribution in [0.15, 0.2) is 48.5 Å². The maximum atomic E-state index is 12.3. The molecule has 2 aromatic carbocycles. The van der Waals surface area contributed by atoms with Gasteiger partial charge in [-0.1, -0.05) is 42.5 Å². The quantitative estimate of drug-likeness (QED) is 0.612. The van der Waals surface area contributed by atoms with Gasteiger partial charge in [0.2, 0.25) is 0 Å². The number of methoxy groups -OCH3 is 1. The Morgan fingerprint density at radius 3 is 2.45 bits per heavy atom. The number of aryl methyl sites for hydroxylation is 2. The minimum Gasteiger partial charge on any atom is -0.496 e. The zero-order valence-electron chi connectivity index (χ0n) is 12.0. The zero-order chi connectivity index (χ0) is 14.5. The Hall–Kier alpha value is -2.35. The first-order valence-electron chi connectivity index (χ1n) is 6.54. The van der Waals surface area contributed by atoms with E-state index >= 15 is 0 Å². The van der Waals surface area contributed by atoms with Gasteiger partial charge >= 0.3 is 0 Å². The van der Waals surface area contributed by atoms with Crippen LogP contribution in [0.2, 0.25) is 0 Å². The second kappa shape index (κ2) is 6.20. The van der Waals surface area contributed by atoms with Crippen molar-refractivity contribution in [3.63, 3.8) is 0 Å². The summed E-state index contributed by atoms with van der Waals surface area (Å²) in [6, 6.07) is 13.6. The number of rotatable bonds is 4. The summed E-state index contributed by atoms with van der Waals surface area (Å²) < 4.78 is 5.35. The lowest BCUT2D eigenvalue weighted by atomic mass is 10.0. The van der Waals surface area contributed by atoms with E-state index in [0.29, 0.717) is 11.3 Å². The van der Waals surface area contributed by atoms with Crippen molar-refractivity contribution in [2.24, 2.45) is 0 Å². The Balaban J connectivity index is 2.32. The van der Waals surface area contributed by atoms with Crippen LogP contribution in [-0.4, -0.2) is 12.9 Å². The number of hydrogen-bond acceptors (Lipinski definition) is 2. The van der Waals surface area contributed by atoms with Crippen molar-refractivity contribution in [3.05, 3.63) is 70.8 Å². The molecule has 0 saturated carbocycles. The molecule has 2 aromatic rings. The van der Waals surface area contributed by atoms with Gasteiger partial charge in [0.25, 0.3) is 0 Å². The fourth-order valence-electron chi connectivity index (χ4n) is 2.23. The molecule has 2 heteroatoms. The highest BCUT2D eigenvalue weighted by Crippen LogP contribution is 2.25. The van der Waals surface area contributed by atoms with E-state index in [4.69, 9.17) is 4.74 Å². The van der Waals surface area contributed by atoms with Crippen LogP contribution in [0.1, 0.15) is 27.0 Å². The number of benzene rings is 2. The van der Waals surface area contributed by atoms with Gasteiger partial charge in [0.15, 0.2) is 5.78 Å². The molecule has 0 aliphatic heterocycles. The van der Waals surface area contributed by atoms with Crippen molar-refractivity contribution in [1.29, 1.82) is 0 Å². The summed E-state index contributed by atoms with van der Waals surface area (Å²) in [6.07, 6.45) is 3.41. The molecule has 0 fully saturated rings. The Bertz CT molecular complexity index is 640. The number of ether oxygens (including phenoxy) is 1. The minimum atomic E-state index is -0.0440. The normalized spacial score (nSPS) is 10.8. The van der Waals surface area contributed by atoms with Gasteiger partial charge in [-0.15, -0.1) is 0 Å². The molecule has 0 amide bonds. The van der Waals surface area contributed by atoms with Gasteiger partial charge in [-0.3, -0.25) is 4.79 Å². The van der Waals surface area contributed by atoms with E-state index < -0.39 is 0 Å². The number of carbonyl (C=O) groups is 1. The lowest BCUT2D eigenvalue weighted by molar-refractivity contribution is 0.104. The Morgan fingerprint density at radius 2 is 1.80 bits per heavy atom. The monoisotopic (exact) mass is 266 g/mol. The SMILES string of the molecule is COc1c(C)cc(C)cc1C(=O)C=Cc1ccccc1. The predicted molar refractivity (Wildman–Crippen MR) is 82.3 cm³/mol. The van der Waals surface area contributed by atoms with E-state index in [1.54, 1.807) is 13.2 Å². The van der Waals surface area contributed by atoms with Crippen molar-refractivity contribution in [3.8, 4) is 5.75 Å². The second-order valence-electron chi connectivity index (χ2n) is 4.77. The van der Waals surface area contributed by atoms with Gasteiger partial charge in [0.05, 0.1) is 12.7 Å². The number of ketones is 1. The minimum absolute atomic E-state index is 0.0440. The smallest absolute Gasteiger partial charge is 0.189 e. The molecular formula is C18H18O2. The highest BCUT2D eigenvalue weighted by atomic mass is 16.5. The summed E-state index contributed by atoms with van der Waals surface area (Å²) in [5, 5.41) is 0. The summed E-state index contributed by atoms with van der Waals surface area (Å²) in [5.74, 6) is 0.607. The first-order chi connectivity index (χ1) is 9.61. The van der Waals surface area contributed by atoms with Gasteiger partial charge in [0, 0.05) is 0 Å². The molecule has 0 bridgehead atoms. The summed E-state index contributed by atoms with van der Waals surface area (Å²) >= 11 is 0. The molecule has 0 unspecified atom stereocenters. The Labute approximate surface area is 119 Å². The first kappa shape index (κ1) is 14.1. The Kier molecular flexibility index (Phi) is 4.36. The van der Waals surface area contributed by atoms with Crippen LogP contribution in [0.25, 0.3) is 6.08 Å². The van der Waals surface area contributed by atoms with Gasteiger partial charge in [-0.2, -0.15) is 0 Å². The van der Waals surface area contributed by atoms with E-state index in [9.17, 15) is 4.79 Å².